The van der Waals surface area contributed by atoms with Gasteiger partial charge in [-0.15, -0.1) is 4.40 Å². The van der Waals surface area contributed by atoms with Gasteiger partial charge in [0.15, 0.2) is 5.84 Å². The van der Waals surface area contributed by atoms with Crippen LogP contribution in [0.4, 0.5) is 5.69 Å². The molecule has 7 heteroatoms. The molecule has 0 unspecified atom stereocenters. The van der Waals surface area contributed by atoms with Crippen LogP contribution >= 0.6 is 10.8 Å². The van der Waals surface area contributed by atoms with Gasteiger partial charge in [-0.1, -0.05) is 36.3 Å². The van der Waals surface area contributed by atoms with Crippen molar-refractivity contribution < 1.29 is 9.11 Å². The van der Waals surface area contributed by atoms with Crippen LogP contribution in [0.1, 0.15) is 25.3 Å². The maximum absolute atomic E-state index is 12.6. The molecule has 1 aliphatic heterocycles. The van der Waals surface area contributed by atoms with Crippen LogP contribution in [-0.4, -0.2) is 19.5 Å². The first-order chi connectivity index (χ1) is 11.0. The van der Waals surface area contributed by atoms with Crippen molar-refractivity contribution in [2.45, 2.75) is 31.2 Å². The van der Waals surface area contributed by atoms with Crippen molar-refractivity contribution in [2.75, 3.05) is 5.32 Å². The predicted molar refractivity (Wildman–Crippen MR) is 93.3 cm³/mol. The van der Waals surface area contributed by atoms with Crippen molar-refractivity contribution in [3.05, 3.63) is 58.5 Å². The summed E-state index contributed by atoms with van der Waals surface area (Å²) in [5.41, 5.74) is 0.695. The number of nitrogens with one attached hydrogen (secondary N) is 1. The molecule has 0 fully saturated rings. The standard InChI is InChI=1S/C16H19N3O3S/c1-2-3-10-19-11-6-7-12(16(19)20)15-17-13-8-4-5-9-14(13)23(21,22)18-15/h4-9,11,21-22H,2-3,10H2,1H3,(H,17,18). The highest BCUT2D eigenvalue weighted by molar-refractivity contribution is 8.23. The second-order valence-electron chi connectivity index (χ2n) is 5.35. The summed E-state index contributed by atoms with van der Waals surface area (Å²) in [5, 5.41) is 3.03. The number of amidine groups is 1. The van der Waals surface area contributed by atoms with Gasteiger partial charge in [-0.2, -0.15) is 0 Å². The SMILES string of the molecule is CCCCn1cccc(C2=NS(O)(O)c3ccccc3N2)c1=O. The van der Waals surface area contributed by atoms with E-state index in [1.54, 1.807) is 47.2 Å². The highest BCUT2D eigenvalue weighted by Gasteiger charge is 2.27. The van der Waals surface area contributed by atoms with E-state index < -0.39 is 10.8 Å². The summed E-state index contributed by atoms with van der Waals surface area (Å²) in [4.78, 5) is 12.9. The molecule has 3 N–H and O–H groups in total. The number of hydrogen-bond donors (Lipinski definition) is 3. The number of benzene rings is 1. The van der Waals surface area contributed by atoms with E-state index in [0.29, 0.717) is 22.7 Å². The molecule has 122 valence electrons. The van der Waals surface area contributed by atoms with Gasteiger partial charge in [0.25, 0.3) is 5.56 Å². The number of fused-ring (bicyclic) bond motifs is 1. The van der Waals surface area contributed by atoms with Crippen LogP contribution in [0.15, 0.2) is 56.7 Å². The van der Waals surface area contributed by atoms with E-state index in [-0.39, 0.29) is 11.4 Å². The Balaban J connectivity index is 2.04. The summed E-state index contributed by atoms with van der Waals surface area (Å²) < 4.78 is 26.1. The lowest BCUT2D eigenvalue weighted by atomic mass is 10.2. The molecule has 1 aromatic carbocycles. The largest absolute Gasteiger partial charge is 0.337 e. The van der Waals surface area contributed by atoms with Gasteiger partial charge >= 0.3 is 0 Å². The predicted octanol–water partition coefficient (Wildman–Crippen LogP) is 3.55. The number of para-hydroxylation sites is 1. The first kappa shape index (κ1) is 15.8. The fraction of sp³-hybridized carbons (Fsp3) is 0.250. The summed E-state index contributed by atoms with van der Waals surface area (Å²) in [6, 6.07) is 10.3. The molecule has 0 radical (unpaired) electrons. The molecule has 0 bridgehead atoms. The highest BCUT2D eigenvalue weighted by Crippen LogP contribution is 2.55. The number of aryl methyl sites for hydroxylation is 1. The number of anilines is 1. The molecule has 0 amide bonds. The van der Waals surface area contributed by atoms with E-state index in [9.17, 15) is 13.9 Å². The third-order valence-electron chi connectivity index (χ3n) is 3.68. The van der Waals surface area contributed by atoms with Crippen molar-refractivity contribution >= 4 is 22.3 Å². The third kappa shape index (κ3) is 3.03. The zero-order valence-electron chi connectivity index (χ0n) is 12.8. The fourth-order valence-electron chi connectivity index (χ4n) is 2.47. The van der Waals surface area contributed by atoms with E-state index in [4.69, 9.17) is 0 Å². The molecule has 1 aromatic heterocycles. The molecule has 6 nitrogen and oxygen atoms in total. The van der Waals surface area contributed by atoms with Gasteiger partial charge in [0.2, 0.25) is 0 Å². The molecule has 23 heavy (non-hydrogen) atoms. The lowest BCUT2D eigenvalue weighted by Crippen LogP contribution is -2.31. The minimum absolute atomic E-state index is 0.193. The van der Waals surface area contributed by atoms with Gasteiger partial charge in [0.1, 0.15) is 4.90 Å². The van der Waals surface area contributed by atoms with E-state index >= 15 is 0 Å². The normalized spacial score (nSPS) is 16.9. The molecule has 0 saturated heterocycles. The molecule has 0 saturated carbocycles. The fourth-order valence-corrected chi connectivity index (χ4v) is 3.65. The monoisotopic (exact) mass is 333 g/mol. The average molecular weight is 333 g/mol. The number of nitrogens with zero attached hydrogens (tertiary/aromatic N) is 2. The minimum atomic E-state index is -3.31. The van der Waals surface area contributed by atoms with E-state index in [0.717, 1.165) is 12.8 Å². The summed E-state index contributed by atoms with van der Waals surface area (Å²) in [6.45, 7) is 2.69. The maximum atomic E-state index is 12.6. The van der Waals surface area contributed by atoms with Crippen LogP contribution in [0.25, 0.3) is 0 Å². The Kier molecular flexibility index (Phi) is 4.25. The molecule has 0 atom stereocenters. The highest BCUT2D eigenvalue weighted by atomic mass is 32.3. The number of aromatic nitrogens is 1. The summed E-state index contributed by atoms with van der Waals surface area (Å²) >= 11 is 0. The molecular weight excluding hydrogens is 314 g/mol. The average Bonchev–Trinajstić information content (AvgIpc) is 2.53. The first-order valence-corrected chi connectivity index (χ1v) is 8.97. The lowest BCUT2D eigenvalue weighted by Gasteiger charge is -2.33. The summed E-state index contributed by atoms with van der Waals surface area (Å²) in [7, 11) is -3.31. The number of hydrogen-bond acceptors (Lipinski definition) is 5. The van der Waals surface area contributed by atoms with Crippen molar-refractivity contribution in [2.24, 2.45) is 4.40 Å². The second-order valence-corrected chi connectivity index (χ2v) is 7.01. The third-order valence-corrected chi connectivity index (χ3v) is 5.06. The zero-order chi connectivity index (χ0) is 16.4. The van der Waals surface area contributed by atoms with Crippen LogP contribution < -0.4 is 10.9 Å². The van der Waals surface area contributed by atoms with Crippen LogP contribution in [0, 0.1) is 0 Å². The quantitative estimate of drug-likeness (QED) is 0.798. The molecular formula is C16H19N3O3S. The van der Waals surface area contributed by atoms with E-state index in [1.807, 2.05) is 0 Å². The lowest BCUT2D eigenvalue weighted by molar-refractivity contribution is 0.489. The molecule has 0 aliphatic carbocycles. The van der Waals surface area contributed by atoms with Crippen molar-refractivity contribution in [1.82, 2.24) is 4.57 Å². The second kappa shape index (κ2) is 6.19. The van der Waals surface area contributed by atoms with Crippen LogP contribution in [-0.2, 0) is 6.54 Å². The Bertz CT molecular complexity index is 814. The molecule has 0 spiro atoms. The number of pyridine rings is 1. The molecule has 1 aliphatic rings. The van der Waals surface area contributed by atoms with Crippen molar-refractivity contribution in [1.29, 1.82) is 0 Å². The Hall–Kier alpha value is -2.09. The van der Waals surface area contributed by atoms with Gasteiger partial charge in [-0.25, -0.2) is 0 Å². The summed E-state index contributed by atoms with van der Waals surface area (Å²) in [6.07, 6.45) is 3.63. The van der Waals surface area contributed by atoms with Crippen LogP contribution in [0.5, 0.6) is 0 Å². The zero-order valence-corrected chi connectivity index (χ0v) is 13.6. The summed E-state index contributed by atoms with van der Waals surface area (Å²) in [5.74, 6) is 0.194. The van der Waals surface area contributed by atoms with Crippen LogP contribution in [0.2, 0.25) is 0 Å². The maximum Gasteiger partial charge on any atom is 0.261 e. The number of rotatable bonds is 4. The van der Waals surface area contributed by atoms with E-state index in [2.05, 4.69) is 16.6 Å². The minimum Gasteiger partial charge on any atom is -0.337 e. The van der Waals surface area contributed by atoms with Gasteiger partial charge in [-0.05, 0) is 30.7 Å². The van der Waals surface area contributed by atoms with Crippen molar-refractivity contribution in [3.63, 3.8) is 0 Å². The van der Waals surface area contributed by atoms with E-state index in [1.165, 1.54) is 0 Å². The van der Waals surface area contributed by atoms with Gasteiger partial charge < -0.3 is 9.88 Å². The molecule has 2 aromatic rings. The van der Waals surface area contributed by atoms with Gasteiger partial charge in [-0.3, -0.25) is 13.9 Å². The van der Waals surface area contributed by atoms with Crippen molar-refractivity contribution in [3.8, 4) is 0 Å². The van der Waals surface area contributed by atoms with Gasteiger partial charge in [0, 0.05) is 12.7 Å². The van der Waals surface area contributed by atoms with Gasteiger partial charge in [0.05, 0.1) is 11.3 Å². The smallest absolute Gasteiger partial charge is 0.261 e. The van der Waals surface area contributed by atoms with Crippen LogP contribution in [0.3, 0.4) is 0 Å². The first-order valence-electron chi connectivity index (χ1n) is 7.47. The number of unbranched alkanes of at least 4 members (excludes halogenated alkanes) is 1. The molecule has 3 rings (SSSR count). The Labute approximate surface area is 136 Å². The topological polar surface area (TPSA) is 86.8 Å². The Morgan fingerprint density at radius 2 is 2.00 bits per heavy atom. The Morgan fingerprint density at radius 1 is 1.22 bits per heavy atom. The Morgan fingerprint density at radius 3 is 2.78 bits per heavy atom. The molecule has 2 heterocycles.